The van der Waals surface area contributed by atoms with Crippen molar-refractivity contribution in [1.29, 1.82) is 0 Å². The van der Waals surface area contributed by atoms with E-state index in [1.54, 1.807) is 30.3 Å². The number of nitrogens with one attached hydrogen (secondary N) is 1. The molecular weight excluding hydrogens is 596 g/mol. The Hall–Kier alpha value is -3.58. The lowest BCUT2D eigenvalue weighted by atomic mass is 10.1. The van der Waals surface area contributed by atoms with Crippen LogP contribution in [0.5, 0.6) is 5.75 Å². The van der Waals surface area contributed by atoms with Crippen LogP contribution in [0.2, 0.25) is 0 Å². The summed E-state index contributed by atoms with van der Waals surface area (Å²) in [5.41, 5.74) is 2.94. The average Bonchev–Trinajstić information content (AvgIpc) is 3.03. The summed E-state index contributed by atoms with van der Waals surface area (Å²) in [7, 11) is -3.66. The van der Waals surface area contributed by atoms with Crippen molar-refractivity contribution in [2.75, 3.05) is 26.3 Å². The molecule has 0 bridgehead atoms. The van der Waals surface area contributed by atoms with Gasteiger partial charge in [0.1, 0.15) is 5.75 Å². The van der Waals surface area contributed by atoms with Gasteiger partial charge in [0.15, 0.2) is 0 Å². The van der Waals surface area contributed by atoms with Gasteiger partial charge in [-0.3, -0.25) is 0 Å². The molecular formula is C34H46N2O8S. The highest BCUT2D eigenvalue weighted by Gasteiger charge is 2.10. The van der Waals surface area contributed by atoms with Gasteiger partial charge < -0.3 is 30.5 Å². The van der Waals surface area contributed by atoms with Crippen LogP contribution in [0.3, 0.4) is 0 Å². The molecule has 0 heterocycles. The number of carbonyl (C=O) groups is 1. The number of phenols is 1. The van der Waals surface area contributed by atoms with Crippen molar-refractivity contribution >= 4 is 22.1 Å². The Morgan fingerprint density at radius 3 is 2.31 bits per heavy atom. The number of hydrogen-bond donors (Lipinski definition) is 6. The van der Waals surface area contributed by atoms with Gasteiger partial charge in [-0.05, 0) is 85.7 Å². The van der Waals surface area contributed by atoms with E-state index in [1.165, 1.54) is 12.1 Å². The highest BCUT2D eigenvalue weighted by atomic mass is 32.2. The number of aromatic hydroxyl groups is 1. The van der Waals surface area contributed by atoms with E-state index in [4.69, 9.17) is 15.0 Å². The van der Waals surface area contributed by atoms with Gasteiger partial charge in [0, 0.05) is 31.4 Å². The molecule has 3 aromatic carbocycles. The predicted molar refractivity (Wildman–Crippen MR) is 175 cm³/mol. The van der Waals surface area contributed by atoms with Crippen molar-refractivity contribution < 1.29 is 38.4 Å². The molecule has 246 valence electrons. The summed E-state index contributed by atoms with van der Waals surface area (Å²) in [5.74, 6) is -0.891. The van der Waals surface area contributed by atoms with Gasteiger partial charge in [0.2, 0.25) is 10.0 Å². The Morgan fingerprint density at radius 1 is 0.911 bits per heavy atom. The predicted octanol–water partition coefficient (Wildman–Crippen LogP) is 4.54. The first-order chi connectivity index (χ1) is 21.6. The van der Waals surface area contributed by atoms with Crippen LogP contribution in [0.15, 0.2) is 83.8 Å². The average molecular weight is 643 g/mol. The lowest BCUT2D eigenvalue weighted by molar-refractivity contribution is -0.131. The molecule has 0 unspecified atom stereocenters. The number of unbranched alkanes of at least 4 members (excludes halogenated alkanes) is 4. The molecule has 10 nitrogen and oxygen atoms in total. The van der Waals surface area contributed by atoms with Crippen LogP contribution < -0.4 is 10.5 Å². The summed E-state index contributed by atoms with van der Waals surface area (Å²) in [6.45, 7) is 2.41. The fourth-order valence-electron chi connectivity index (χ4n) is 4.35. The number of carboxylic acid groups (broad SMARTS) is 1. The van der Waals surface area contributed by atoms with E-state index in [1.807, 2.05) is 36.4 Å². The minimum Gasteiger partial charge on any atom is -0.508 e. The molecule has 1 atom stereocenters. The summed E-state index contributed by atoms with van der Waals surface area (Å²) in [5, 5.41) is 45.7. The first-order valence-electron chi connectivity index (χ1n) is 15.1. The second-order valence-corrected chi connectivity index (χ2v) is 12.1. The first-order valence-corrected chi connectivity index (χ1v) is 16.6. The molecule has 7 N–H and O–H groups in total. The maximum Gasteiger partial charge on any atom is 0.328 e. The highest BCUT2D eigenvalue weighted by Crippen LogP contribution is 2.22. The van der Waals surface area contributed by atoms with Crippen LogP contribution in [0.1, 0.15) is 66.9 Å². The largest absolute Gasteiger partial charge is 0.508 e. The molecule has 0 fully saturated rings. The van der Waals surface area contributed by atoms with Gasteiger partial charge in [-0.1, -0.05) is 61.4 Å². The van der Waals surface area contributed by atoms with Gasteiger partial charge in [0.25, 0.3) is 0 Å². The van der Waals surface area contributed by atoms with Gasteiger partial charge in [0.05, 0.1) is 17.6 Å². The molecule has 3 aromatic rings. The Bertz CT molecular complexity index is 1410. The number of benzene rings is 3. The summed E-state index contributed by atoms with van der Waals surface area (Å²) in [6.07, 6.45) is 8.84. The lowest BCUT2D eigenvalue weighted by Gasteiger charge is -2.14. The third-order valence-corrected chi connectivity index (χ3v) is 7.75. The van der Waals surface area contributed by atoms with Crippen LogP contribution >= 0.6 is 0 Å². The summed E-state index contributed by atoms with van der Waals surface area (Å²) in [4.78, 5) is 10.2. The molecule has 0 amide bonds. The number of rotatable bonds is 19. The molecule has 0 saturated carbocycles. The monoisotopic (exact) mass is 642 g/mol. The number of primary sulfonamides is 1. The van der Waals surface area contributed by atoms with Crippen LogP contribution in [0.4, 0.5) is 0 Å². The third kappa shape index (κ3) is 16.3. The number of carboxylic acids is 1. The van der Waals surface area contributed by atoms with Gasteiger partial charge in [-0.2, -0.15) is 0 Å². The Labute approximate surface area is 266 Å². The fraction of sp³-hybridized carbons (Fsp3) is 0.382. The van der Waals surface area contributed by atoms with Crippen LogP contribution in [0.25, 0.3) is 6.08 Å². The summed E-state index contributed by atoms with van der Waals surface area (Å²) < 4.78 is 28.5. The van der Waals surface area contributed by atoms with E-state index in [0.29, 0.717) is 24.3 Å². The van der Waals surface area contributed by atoms with Crippen molar-refractivity contribution in [3.8, 4) is 5.75 Å². The van der Waals surface area contributed by atoms with E-state index in [0.717, 1.165) is 75.3 Å². The second kappa shape index (κ2) is 21.2. The van der Waals surface area contributed by atoms with Gasteiger partial charge >= 0.3 is 5.97 Å². The minimum atomic E-state index is -3.66. The molecule has 3 rings (SSSR count). The molecule has 0 aliphatic rings. The van der Waals surface area contributed by atoms with Crippen LogP contribution in [-0.4, -0.2) is 61.1 Å². The molecule has 0 aromatic heterocycles. The molecule has 11 heteroatoms. The standard InChI is InChI=1S/C25H38N2O6S.C9H8O2/c26-34(31,32)23-10-7-9-20(16-23)8-3-6-15-33-14-5-2-1-4-13-27-18-25(30)21-11-12-24(29)22(17-21)19-28;10-9(11)7-6-8-4-2-1-3-5-8/h7,9-12,16-17,25,27-30H,1-6,8,13-15,18-19H2,(H2,26,31,32);1-7H,(H,10,11)/t25-;/m0./s1. The number of aliphatic hydroxyl groups is 2. The first kappa shape index (κ1) is 37.6. The molecule has 0 spiro atoms. The number of aliphatic hydroxyl groups excluding tert-OH is 2. The molecule has 0 radical (unpaired) electrons. The number of hydrogen-bond acceptors (Lipinski definition) is 8. The van der Waals surface area contributed by atoms with Crippen molar-refractivity contribution in [3.63, 3.8) is 0 Å². The Balaban J connectivity index is 0.000000537. The zero-order valence-electron chi connectivity index (χ0n) is 25.6. The van der Waals surface area contributed by atoms with Crippen molar-refractivity contribution in [2.45, 2.75) is 62.6 Å². The molecule has 0 saturated heterocycles. The summed E-state index contributed by atoms with van der Waals surface area (Å²) in [6, 6.07) is 20.8. The van der Waals surface area contributed by atoms with E-state index < -0.39 is 22.1 Å². The Morgan fingerprint density at radius 2 is 1.62 bits per heavy atom. The number of aryl methyl sites for hydroxylation is 1. The maximum atomic E-state index is 11.4. The molecule has 0 aliphatic heterocycles. The van der Waals surface area contributed by atoms with Crippen molar-refractivity contribution in [2.24, 2.45) is 5.14 Å². The minimum absolute atomic E-state index is 0.0310. The van der Waals surface area contributed by atoms with Crippen molar-refractivity contribution in [3.05, 3.63) is 101 Å². The van der Waals surface area contributed by atoms with Crippen molar-refractivity contribution in [1.82, 2.24) is 5.32 Å². The van der Waals surface area contributed by atoms with E-state index in [-0.39, 0.29) is 17.3 Å². The lowest BCUT2D eigenvalue weighted by Crippen LogP contribution is -2.22. The maximum absolute atomic E-state index is 11.4. The second-order valence-electron chi connectivity index (χ2n) is 10.5. The highest BCUT2D eigenvalue weighted by molar-refractivity contribution is 7.89. The summed E-state index contributed by atoms with van der Waals surface area (Å²) >= 11 is 0. The zero-order chi connectivity index (χ0) is 32.9. The smallest absolute Gasteiger partial charge is 0.328 e. The van der Waals surface area contributed by atoms with Gasteiger partial charge in [-0.25, -0.2) is 18.4 Å². The topological polar surface area (TPSA) is 179 Å². The fourth-order valence-corrected chi connectivity index (χ4v) is 4.93. The molecule has 0 aliphatic carbocycles. The quantitative estimate of drug-likeness (QED) is 0.0809. The van der Waals surface area contributed by atoms with E-state index in [2.05, 4.69) is 5.32 Å². The number of ether oxygens (including phenoxy) is 1. The SMILES string of the molecule is NS(=O)(=O)c1cccc(CCCCOCCCCCCNC[C@H](O)c2ccc(O)c(CO)c2)c1.O=C(O)C=Cc1ccccc1. The van der Waals surface area contributed by atoms with Crippen LogP contribution in [0, 0.1) is 0 Å². The third-order valence-electron chi connectivity index (χ3n) is 6.84. The zero-order valence-corrected chi connectivity index (χ0v) is 26.4. The number of nitrogens with two attached hydrogens (primary N) is 1. The number of sulfonamides is 1. The van der Waals surface area contributed by atoms with E-state index >= 15 is 0 Å². The van der Waals surface area contributed by atoms with E-state index in [9.17, 15) is 28.5 Å². The Kier molecular flexibility index (Phi) is 17.7. The van der Waals surface area contributed by atoms with Crippen LogP contribution in [-0.2, 0) is 32.6 Å². The molecule has 45 heavy (non-hydrogen) atoms. The van der Waals surface area contributed by atoms with Gasteiger partial charge in [-0.15, -0.1) is 0 Å². The normalized spacial score (nSPS) is 12.1. The number of aliphatic carboxylic acids is 1.